The van der Waals surface area contributed by atoms with Gasteiger partial charge in [-0.1, -0.05) is 59.1 Å². The molecule has 4 heteroatoms. The average molecular weight is 343 g/mol. The van der Waals surface area contributed by atoms with Gasteiger partial charge in [0.05, 0.1) is 0 Å². The molecule has 23 heavy (non-hydrogen) atoms. The molecule has 0 saturated carbocycles. The molecule has 0 aliphatic carbocycles. The third kappa shape index (κ3) is 10.7. The van der Waals surface area contributed by atoms with E-state index in [4.69, 9.17) is 9.16 Å². The van der Waals surface area contributed by atoms with Crippen molar-refractivity contribution in [1.29, 1.82) is 0 Å². The third-order valence-corrected chi connectivity index (χ3v) is 9.27. The lowest BCUT2D eigenvalue weighted by Gasteiger charge is -2.36. The molecule has 0 unspecified atom stereocenters. The van der Waals surface area contributed by atoms with Crippen LogP contribution < -0.4 is 0 Å². The molecule has 0 amide bonds. The van der Waals surface area contributed by atoms with Gasteiger partial charge in [-0.2, -0.15) is 0 Å². The highest BCUT2D eigenvalue weighted by Gasteiger charge is 2.36. The molecule has 0 heterocycles. The Hall–Kier alpha value is -0.613. The van der Waals surface area contributed by atoms with Gasteiger partial charge in [0.2, 0.25) is 0 Å². The highest BCUT2D eigenvalue weighted by Crippen LogP contribution is 2.36. The van der Waals surface area contributed by atoms with E-state index in [0.717, 1.165) is 25.9 Å². The number of hydrogen-bond donors (Lipinski definition) is 0. The minimum atomic E-state index is -1.57. The van der Waals surface area contributed by atoms with E-state index in [9.17, 15) is 4.79 Å². The van der Waals surface area contributed by atoms with Crippen LogP contribution in [0.25, 0.3) is 0 Å². The predicted octanol–water partition coefficient (Wildman–Crippen LogP) is 5.86. The fourth-order valence-electron chi connectivity index (χ4n) is 2.14. The highest BCUT2D eigenvalue weighted by molar-refractivity contribution is 6.74. The molecule has 0 rings (SSSR count). The van der Waals surface area contributed by atoms with E-state index in [2.05, 4.69) is 40.4 Å². The van der Waals surface area contributed by atoms with Crippen LogP contribution in [-0.2, 0) is 14.0 Å². The van der Waals surface area contributed by atoms with Crippen molar-refractivity contribution >= 4 is 14.3 Å². The Balaban J connectivity index is 3.57. The Morgan fingerprint density at radius 1 is 1.09 bits per heavy atom. The summed E-state index contributed by atoms with van der Waals surface area (Å²) < 4.78 is 11.3. The molecule has 0 aromatic carbocycles. The van der Waals surface area contributed by atoms with E-state index in [1.807, 2.05) is 0 Å². The number of esters is 1. The smallest absolute Gasteiger partial charge is 0.303 e. The largest absolute Gasteiger partial charge is 0.458 e. The Kier molecular flexibility index (Phi) is 10.7. The van der Waals surface area contributed by atoms with Gasteiger partial charge >= 0.3 is 5.97 Å². The number of carbonyl (C=O) groups excluding carboxylic acids is 1. The van der Waals surface area contributed by atoms with E-state index >= 15 is 0 Å². The van der Waals surface area contributed by atoms with Crippen molar-refractivity contribution in [2.45, 2.75) is 96.9 Å². The molecule has 0 bridgehead atoms. The lowest BCUT2D eigenvalue weighted by atomic mass is 10.1. The van der Waals surface area contributed by atoms with E-state index in [1.54, 1.807) is 6.08 Å². The maximum Gasteiger partial charge on any atom is 0.303 e. The molecule has 0 fully saturated rings. The molecule has 0 radical (unpaired) electrons. The van der Waals surface area contributed by atoms with Gasteiger partial charge in [0, 0.05) is 13.5 Å². The van der Waals surface area contributed by atoms with Crippen LogP contribution in [0.15, 0.2) is 12.7 Å². The fourth-order valence-corrected chi connectivity index (χ4v) is 3.22. The SMILES string of the molecule is C=C[C@@H](CCCCCCCCO[Si](C)(C)C(C)(C)C)OC(C)=O. The summed E-state index contributed by atoms with van der Waals surface area (Å²) in [5.74, 6) is -0.225. The van der Waals surface area contributed by atoms with Crippen molar-refractivity contribution in [3.8, 4) is 0 Å². The molecule has 0 saturated heterocycles. The fraction of sp³-hybridized carbons (Fsp3) is 0.842. The molecule has 0 aliphatic heterocycles. The van der Waals surface area contributed by atoms with E-state index in [-0.39, 0.29) is 12.1 Å². The first-order valence-electron chi connectivity index (χ1n) is 9.04. The summed E-state index contributed by atoms with van der Waals surface area (Å²) >= 11 is 0. The van der Waals surface area contributed by atoms with Gasteiger partial charge < -0.3 is 9.16 Å². The van der Waals surface area contributed by atoms with Crippen LogP contribution in [0.3, 0.4) is 0 Å². The van der Waals surface area contributed by atoms with Crippen molar-refractivity contribution in [1.82, 2.24) is 0 Å². The van der Waals surface area contributed by atoms with Gasteiger partial charge in [-0.05, 0) is 37.4 Å². The Bertz CT molecular complexity index is 345. The van der Waals surface area contributed by atoms with Crippen LogP contribution >= 0.6 is 0 Å². The number of unbranched alkanes of at least 4 members (excludes halogenated alkanes) is 5. The minimum absolute atomic E-state index is 0.120. The Morgan fingerprint density at radius 2 is 1.61 bits per heavy atom. The summed E-state index contributed by atoms with van der Waals surface area (Å²) in [4.78, 5) is 10.9. The molecule has 0 aromatic rings. The van der Waals surface area contributed by atoms with Gasteiger partial charge in [0.15, 0.2) is 8.32 Å². The van der Waals surface area contributed by atoms with Crippen LogP contribution in [0.2, 0.25) is 18.1 Å². The minimum Gasteiger partial charge on any atom is -0.458 e. The molecule has 0 aromatic heterocycles. The second-order valence-electron chi connectivity index (χ2n) is 7.90. The zero-order chi connectivity index (χ0) is 17.9. The first-order chi connectivity index (χ1) is 10.6. The second kappa shape index (κ2) is 11.0. The molecule has 136 valence electrons. The molecule has 1 atom stereocenters. The molecular weight excluding hydrogens is 304 g/mol. The van der Waals surface area contributed by atoms with E-state index in [1.165, 1.54) is 32.6 Å². The quantitative estimate of drug-likeness (QED) is 0.193. The maximum atomic E-state index is 10.9. The lowest BCUT2D eigenvalue weighted by Crippen LogP contribution is -2.40. The highest BCUT2D eigenvalue weighted by atomic mass is 28.4. The summed E-state index contributed by atoms with van der Waals surface area (Å²) in [6.45, 7) is 17.5. The van der Waals surface area contributed by atoms with Crippen LogP contribution in [0, 0.1) is 0 Å². The first kappa shape index (κ1) is 22.4. The molecule has 0 spiro atoms. The van der Waals surface area contributed by atoms with Crippen molar-refractivity contribution in [3.05, 3.63) is 12.7 Å². The van der Waals surface area contributed by atoms with Crippen LogP contribution in [0.5, 0.6) is 0 Å². The zero-order valence-electron chi connectivity index (χ0n) is 16.2. The second-order valence-corrected chi connectivity index (χ2v) is 12.7. The topological polar surface area (TPSA) is 35.5 Å². The molecule has 0 aliphatic rings. The Labute approximate surface area is 145 Å². The summed E-state index contributed by atoms with van der Waals surface area (Å²) in [5.41, 5.74) is 0. The molecule has 0 N–H and O–H groups in total. The van der Waals surface area contributed by atoms with Crippen molar-refractivity contribution in [2.24, 2.45) is 0 Å². The number of rotatable bonds is 12. The van der Waals surface area contributed by atoms with Crippen molar-refractivity contribution in [3.63, 3.8) is 0 Å². The van der Waals surface area contributed by atoms with Crippen LogP contribution in [-0.4, -0.2) is 27.0 Å². The first-order valence-corrected chi connectivity index (χ1v) is 11.9. The molecule has 3 nitrogen and oxygen atoms in total. The Morgan fingerprint density at radius 3 is 2.09 bits per heavy atom. The monoisotopic (exact) mass is 342 g/mol. The zero-order valence-corrected chi connectivity index (χ0v) is 17.2. The van der Waals surface area contributed by atoms with Crippen LogP contribution in [0.4, 0.5) is 0 Å². The van der Waals surface area contributed by atoms with E-state index in [0.29, 0.717) is 5.04 Å². The number of carbonyl (C=O) groups is 1. The third-order valence-electron chi connectivity index (χ3n) is 4.73. The van der Waals surface area contributed by atoms with Crippen molar-refractivity contribution < 1.29 is 14.0 Å². The number of hydrogen-bond acceptors (Lipinski definition) is 3. The predicted molar refractivity (Wildman–Crippen MR) is 101 cm³/mol. The van der Waals surface area contributed by atoms with Gasteiger partial charge in [0.25, 0.3) is 0 Å². The normalized spacial score (nSPS) is 13.7. The van der Waals surface area contributed by atoms with Gasteiger partial charge in [-0.3, -0.25) is 4.79 Å². The van der Waals surface area contributed by atoms with Crippen molar-refractivity contribution in [2.75, 3.05) is 6.61 Å². The summed E-state index contributed by atoms with van der Waals surface area (Å²) in [6.07, 6.45) is 9.66. The van der Waals surface area contributed by atoms with Gasteiger partial charge in [0.1, 0.15) is 6.10 Å². The lowest BCUT2D eigenvalue weighted by molar-refractivity contribution is -0.144. The van der Waals surface area contributed by atoms with E-state index < -0.39 is 8.32 Å². The summed E-state index contributed by atoms with van der Waals surface area (Å²) in [5, 5.41) is 0.302. The average Bonchev–Trinajstić information content (AvgIpc) is 2.42. The summed E-state index contributed by atoms with van der Waals surface area (Å²) in [6, 6.07) is 0. The van der Waals surface area contributed by atoms with Gasteiger partial charge in [-0.25, -0.2) is 0 Å². The molecular formula is C19H38O3Si. The summed E-state index contributed by atoms with van der Waals surface area (Å²) in [7, 11) is -1.57. The number of ether oxygens (including phenoxy) is 1. The van der Waals surface area contributed by atoms with Gasteiger partial charge in [-0.15, -0.1) is 0 Å². The van der Waals surface area contributed by atoms with Crippen LogP contribution in [0.1, 0.15) is 72.6 Å². The standard InChI is InChI=1S/C19H38O3Si/c1-8-18(22-17(2)20)15-13-11-9-10-12-14-16-21-23(6,7)19(3,4)5/h8,18H,1,9-16H2,2-7H3/t18-/m0/s1. The maximum absolute atomic E-state index is 10.9.